The van der Waals surface area contributed by atoms with E-state index in [2.05, 4.69) is 0 Å². The Bertz CT molecular complexity index is 697. The molecule has 154 valence electrons. The summed E-state index contributed by atoms with van der Waals surface area (Å²) >= 11 is 0. The fraction of sp³-hybridized carbons (Fsp3) is 0.650. The summed E-state index contributed by atoms with van der Waals surface area (Å²) in [5.41, 5.74) is 0.895. The number of hydrogen-bond acceptors (Lipinski definition) is 7. The van der Waals surface area contributed by atoms with Crippen molar-refractivity contribution in [3.05, 3.63) is 35.9 Å². The van der Waals surface area contributed by atoms with Crippen LogP contribution in [0, 0.1) is 0 Å². The SMILES string of the molecule is CC1(C)O[C@H]2O[C@H]([C@H](O)[C@H]3CCCN3C(=O)OCc3ccccc3)[C@H](O)[C@H]2O1. The second-order valence-corrected chi connectivity index (χ2v) is 7.99. The second kappa shape index (κ2) is 7.61. The van der Waals surface area contributed by atoms with Gasteiger partial charge in [0.25, 0.3) is 0 Å². The number of fused-ring (bicyclic) bond motifs is 1. The van der Waals surface area contributed by atoms with Crippen molar-refractivity contribution >= 4 is 6.09 Å². The van der Waals surface area contributed by atoms with Gasteiger partial charge in [-0.25, -0.2) is 4.79 Å². The zero-order valence-electron chi connectivity index (χ0n) is 16.1. The Balaban J connectivity index is 1.37. The van der Waals surface area contributed by atoms with Gasteiger partial charge in [-0.15, -0.1) is 0 Å². The Morgan fingerprint density at radius 3 is 2.79 bits per heavy atom. The lowest BCUT2D eigenvalue weighted by atomic mass is 9.98. The summed E-state index contributed by atoms with van der Waals surface area (Å²) in [6.07, 6.45) is -3.51. The van der Waals surface area contributed by atoms with E-state index in [4.69, 9.17) is 18.9 Å². The van der Waals surface area contributed by atoms with Crippen LogP contribution in [0.4, 0.5) is 4.79 Å². The third kappa shape index (κ3) is 3.75. The summed E-state index contributed by atoms with van der Waals surface area (Å²) in [5, 5.41) is 21.4. The molecule has 0 bridgehead atoms. The van der Waals surface area contributed by atoms with Gasteiger partial charge in [-0.05, 0) is 32.3 Å². The van der Waals surface area contributed by atoms with E-state index in [9.17, 15) is 15.0 Å². The molecule has 1 aromatic rings. The highest BCUT2D eigenvalue weighted by molar-refractivity contribution is 5.68. The molecule has 0 aliphatic carbocycles. The van der Waals surface area contributed by atoms with Crippen LogP contribution in [-0.4, -0.2) is 70.3 Å². The molecule has 0 aromatic heterocycles. The molecule has 8 heteroatoms. The Morgan fingerprint density at radius 1 is 1.32 bits per heavy atom. The van der Waals surface area contributed by atoms with Crippen LogP contribution in [0.15, 0.2) is 30.3 Å². The van der Waals surface area contributed by atoms with Gasteiger partial charge in [0.15, 0.2) is 12.1 Å². The molecule has 0 saturated carbocycles. The maximum atomic E-state index is 12.6. The fourth-order valence-corrected chi connectivity index (χ4v) is 4.19. The van der Waals surface area contributed by atoms with E-state index < -0.39 is 48.6 Å². The van der Waals surface area contributed by atoms with Crippen molar-refractivity contribution in [1.29, 1.82) is 0 Å². The van der Waals surface area contributed by atoms with Crippen molar-refractivity contribution in [3.8, 4) is 0 Å². The van der Waals surface area contributed by atoms with E-state index in [-0.39, 0.29) is 6.61 Å². The number of likely N-dealkylation sites (tertiary alicyclic amines) is 1. The summed E-state index contributed by atoms with van der Waals surface area (Å²) in [6.45, 7) is 4.15. The number of hydrogen-bond donors (Lipinski definition) is 2. The number of nitrogens with zero attached hydrogens (tertiary/aromatic N) is 1. The minimum Gasteiger partial charge on any atom is -0.445 e. The Morgan fingerprint density at radius 2 is 2.07 bits per heavy atom. The molecule has 3 heterocycles. The Hall–Kier alpha value is -1.71. The molecule has 1 amide bonds. The van der Waals surface area contributed by atoms with Crippen LogP contribution in [-0.2, 0) is 25.6 Å². The van der Waals surface area contributed by atoms with Crippen LogP contribution in [0.5, 0.6) is 0 Å². The standard InChI is InChI=1S/C20H27NO7/c1-20(2)27-17-15(23)16(26-18(17)28-20)14(22)13-9-6-10-21(13)19(24)25-11-12-7-4-3-5-8-12/h3-5,7-8,13-18,22-23H,6,9-11H2,1-2H3/t13-,14-,15+,16-,17-,18-/m1/s1. The molecule has 0 radical (unpaired) electrons. The number of carbonyl (C=O) groups is 1. The molecular weight excluding hydrogens is 366 g/mol. The summed E-state index contributed by atoms with van der Waals surface area (Å²) in [6, 6.07) is 8.93. The lowest BCUT2D eigenvalue weighted by molar-refractivity contribution is -0.228. The Labute approximate surface area is 163 Å². The molecule has 3 aliphatic rings. The Kier molecular flexibility index (Phi) is 5.32. The average molecular weight is 393 g/mol. The molecule has 6 atom stereocenters. The normalized spacial score (nSPS) is 35.0. The van der Waals surface area contributed by atoms with Crippen LogP contribution in [0.3, 0.4) is 0 Å². The van der Waals surface area contributed by atoms with Gasteiger partial charge >= 0.3 is 6.09 Å². The second-order valence-electron chi connectivity index (χ2n) is 7.99. The monoisotopic (exact) mass is 393 g/mol. The number of benzene rings is 1. The molecule has 28 heavy (non-hydrogen) atoms. The third-order valence-corrected chi connectivity index (χ3v) is 5.52. The predicted octanol–water partition coefficient (Wildman–Crippen LogP) is 1.39. The largest absolute Gasteiger partial charge is 0.445 e. The van der Waals surface area contributed by atoms with E-state index >= 15 is 0 Å². The molecular formula is C20H27NO7. The summed E-state index contributed by atoms with van der Waals surface area (Å²) < 4.78 is 22.4. The van der Waals surface area contributed by atoms with Crippen molar-refractivity contribution in [2.24, 2.45) is 0 Å². The van der Waals surface area contributed by atoms with E-state index in [0.717, 1.165) is 12.0 Å². The highest BCUT2D eigenvalue weighted by Crippen LogP contribution is 2.39. The molecule has 0 unspecified atom stereocenters. The first-order valence-corrected chi connectivity index (χ1v) is 9.70. The minimum absolute atomic E-state index is 0.169. The first-order valence-electron chi connectivity index (χ1n) is 9.70. The molecule has 3 fully saturated rings. The van der Waals surface area contributed by atoms with E-state index in [0.29, 0.717) is 13.0 Å². The molecule has 2 N–H and O–H groups in total. The molecule has 1 aromatic carbocycles. The maximum Gasteiger partial charge on any atom is 0.410 e. The summed E-state index contributed by atoms with van der Waals surface area (Å²) in [4.78, 5) is 14.1. The summed E-state index contributed by atoms with van der Waals surface area (Å²) in [5.74, 6) is -0.840. The van der Waals surface area contributed by atoms with Gasteiger partial charge in [0.2, 0.25) is 0 Å². The molecule has 4 rings (SSSR count). The topological polar surface area (TPSA) is 97.7 Å². The van der Waals surface area contributed by atoms with Gasteiger partial charge < -0.3 is 34.1 Å². The van der Waals surface area contributed by atoms with Crippen LogP contribution in [0.25, 0.3) is 0 Å². The number of ether oxygens (including phenoxy) is 4. The number of amides is 1. The molecule has 8 nitrogen and oxygen atoms in total. The van der Waals surface area contributed by atoms with Crippen LogP contribution in [0.1, 0.15) is 32.3 Å². The van der Waals surface area contributed by atoms with Crippen molar-refractivity contribution in [2.75, 3.05) is 6.54 Å². The van der Waals surface area contributed by atoms with Crippen molar-refractivity contribution < 1.29 is 34.0 Å². The third-order valence-electron chi connectivity index (χ3n) is 5.52. The van der Waals surface area contributed by atoms with Gasteiger partial charge in [-0.2, -0.15) is 0 Å². The lowest BCUT2D eigenvalue weighted by Gasteiger charge is -2.33. The highest BCUT2D eigenvalue weighted by atomic mass is 16.8. The number of rotatable bonds is 4. The smallest absolute Gasteiger partial charge is 0.410 e. The predicted molar refractivity (Wildman–Crippen MR) is 97.1 cm³/mol. The van der Waals surface area contributed by atoms with Crippen LogP contribution < -0.4 is 0 Å². The molecule has 3 saturated heterocycles. The minimum atomic E-state index is -1.07. The quantitative estimate of drug-likeness (QED) is 0.798. The highest BCUT2D eigenvalue weighted by Gasteiger charge is 2.57. The van der Waals surface area contributed by atoms with Crippen LogP contribution in [0.2, 0.25) is 0 Å². The van der Waals surface area contributed by atoms with Crippen molar-refractivity contribution in [3.63, 3.8) is 0 Å². The first-order chi connectivity index (χ1) is 13.4. The first kappa shape index (κ1) is 19.6. The van der Waals surface area contributed by atoms with Crippen molar-refractivity contribution in [1.82, 2.24) is 4.90 Å². The van der Waals surface area contributed by atoms with E-state index in [1.165, 1.54) is 4.90 Å². The lowest BCUT2D eigenvalue weighted by Crippen LogP contribution is -2.51. The van der Waals surface area contributed by atoms with Crippen molar-refractivity contribution in [2.45, 2.75) is 75.8 Å². The summed E-state index contributed by atoms with van der Waals surface area (Å²) in [7, 11) is 0. The van der Waals surface area contributed by atoms with Gasteiger partial charge in [0, 0.05) is 6.54 Å². The zero-order valence-corrected chi connectivity index (χ0v) is 16.1. The maximum absolute atomic E-state index is 12.6. The van der Waals surface area contributed by atoms with Crippen LogP contribution >= 0.6 is 0 Å². The number of aliphatic hydroxyl groups excluding tert-OH is 2. The number of aliphatic hydroxyl groups is 2. The van der Waals surface area contributed by atoms with Gasteiger partial charge in [0.05, 0.1) is 6.04 Å². The number of carbonyl (C=O) groups excluding carboxylic acids is 1. The van der Waals surface area contributed by atoms with Gasteiger partial charge in [0.1, 0.15) is 31.0 Å². The van der Waals surface area contributed by atoms with E-state index in [1.807, 2.05) is 30.3 Å². The fourth-order valence-electron chi connectivity index (χ4n) is 4.19. The van der Waals surface area contributed by atoms with Gasteiger partial charge in [-0.1, -0.05) is 30.3 Å². The van der Waals surface area contributed by atoms with Gasteiger partial charge in [-0.3, -0.25) is 0 Å². The van der Waals surface area contributed by atoms with E-state index in [1.54, 1.807) is 13.8 Å². The zero-order chi connectivity index (χ0) is 19.9. The molecule has 0 spiro atoms. The molecule has 3 aliphatic heterocycles. The average Bonchev–Trinajstić information content (AvgIpc) is 3.34.